The summed E-state index contributed by atoms with van der Waals surface area (Å²) >= 11 is 0. The van der Waals surface area contributed by atoms with E-state index >= 15 is 0 Å². The van der Waals surface area contributed by atoms with E-state index in [1.165, 1.54) is 11.8 Å². The summed E-state index contributed by atoms with van der Waals surface area (Å²) in [4.78, 5) is 24.2. The molecule has 3 N–H and O–H groups in total. The first-order chi connectivity index (χ1) is 9.63. The molecule has 1 aromatic carbocycles. The molecule has 0 aliphatic carbocycles. The number of aliphatic hydroxyl groups is 1. The topological polar surface area (TPSA) is 81.7 Å². The summed E-state index contributed by atoms with van der Waals surface area (Å²) < 4.78 is 0. The number of nitrogens with zero attached hydrogens (tertiary/aromatic N) is 1. The Balaban J connectivity index is 2.44. The Bertz CT molecular complexity index is 423. The molecule has 0 bridgehead atoms. The van der Waals surface area contributed by atoms with Crippen LogP contribution in [0.2, 0.25) is 0 Å². The Morgan fingerprint density at radius 1 is 1.15 bits per heavy atom. The SMILES string of the molecule is CC(=O)NCCNC(=O)N(CCO)Cc1ccccc1. The second kappa shape index (κ2) is 8.92. The van der Waals surface area contributed by atoms with Gasteiger partial charge in [0.05, 0.1) is 6.61 Å². The number of amides is 3. The molecule has 6 heteroatoms. The molecule has 110 valence electrons. The van der Waals surface area contributed by atoms with Crippen LogP contribution in [-0.2, 0) is 11.3 Å². The Morgan fingerprint density at radius 2 is 1.80 bits per heavy atom. The third-order valence-corrected chi connectivity index (χ3v) is 2.65. The van der Waals surface area contributed by atoms with E-state index in [2.05, 4.69) is 10.6 Å². The van der Waals surface area contributed by atoms with Gasteiger partial charge in [-0.3, -0.25) is 4.79 Å². The lowest BCUT2D eigenvalue weighted by Gasteiger charge is -2.22. The fourth-order valence-electron chi connectivity index (χ4n) is 1.70. The second-order valence-corrected chi connectivity index (χ2v) is 4.35. The van der Waals surface area contributed by atoms with E-state index in [4.69, 9.17) is 5.11 Å². The molecule has 3 amide bonds. The van der Waals surface area contributed by atoms with Crippen molar-refractivity contribution in [1.82, 2.24) is 15.5 Å². The van der Waals surface area contributed by atoms with Crippen molar-refractivity contribution in [3.63, 3.8) is 0 Å². The fraction of sp³-hybridized carbons (Fsp3) is 0.429. The highest BCUT2D eigenvalue weighted by molar-refractivity contribution is 5.74. The highest BCUT2D eigenvalue weighted by Gasteiger charge is 2.12. The largest absolute Gasteiger partial charge is 0.395 e. The molecule has 0 radical (unpaired) electrons. The molecule has 0 atom stereocenters. The lowest BCUT2D eigenvalue weighted by molar-refractivity contribution is -0.118. The third-order valence-electron chi connectivity index (χ3n) is 2.65. The van der Waals surface area contributed by atoms with Crippen LogP contribution in [0.3, 0.4) is 0 Å². The molecule has 0 saturated carbocycles. The van der Waals surface area contributed by atoms with Crippen LogP contribution in [0.1, 0.15) is 12.5 Å². The quantitative estimate of drug-likeness (QED) is 0.629. The number of hydrogen-bond acceptors (Lipinski definition) is 3. The summed E-state index contributed by atoms with van der Waals surface area (Å²) in [6, 6.07) is 9.31. The molecule has 0 aliphatic heterocycles. The summed E-state index contributed by atoms with van der Waals surface area (Å²) in [5.74, 6) is -0.129. The van der Waals surface area contributed by atoms with Crippen molar-refractivity contribution in [3.8, 4) is 0 Å². The first kappa shape index (κ1) is 16.0. The fourth-order valence-corrected chi connectivity index (χ4v) is 1.70. The monoisotopic (exact) mass is 279 g/mol. The van der Waals surface area contributed by atoms with E-state index in [0.717, 1.165) is 5.56 Å². The lowest BCUT2D eigenvalue weighted by atomic mass is 10.2. The molecule has 1 aromatic rings. The standard InChI is InChI=1S/C14H21N3O3/c1-12(19)15-7-8-16-14(20)17(9-10-18)11-13-5-3-2-4-6-13/h2-6,18H,7-11H2,1H3,(H,15,19)(H,16,20). The zero-order valence-electron chi connectivity index (χ0n) is 11.6. The number of rotatable bonds is 7. The minimum atomic E-state index is -0.256. The Morgan fingerprint density at radius 3 is 2.40 bits per heavy atom. The first-order valence-electron chi connectivity index (χ1n) is 6.55. The molecule has 0 unspecified atom stereocenters. The van der Waals surface area contributed by atoms with Crippen LogP contribution in [0.4, 0.5) is 4.79 Å². The van der Waals surface area contributed by atoms with Gasteiger partial charge in [-0.2, -0.15) is 0 Å². The zero-order valence-corrected chi connectivity index (χ0v) is 11.6. The Labute approximate surface area is 118 Å². The maximum absolute atomic E-state index is 12.0. The zero-order chi connectivity index (χ0) is 14.8. The number of nitrogens with one attached hydrogen (secondary N) is 2. The van der Waals surface area contributed by atoms with Crippen molar-refractivity contribution in [1.29, 1.82) is 0 Å². The van der Waals surface area contributed by atoms with Crippen LogP contribution in [-0.4, -0.2) is 48.2 Å². The smallest absolute Gasteiger partial charge is 0.317 e. The maximum atomic E-state index is 12.0. The van der Waals surface area contributed by atoms with Gasteiger partial charge in [0.15, 0.2) is 0 Å². The van der Waals surface area contributed by atoms with Gasteiger partial charge in [-0.15, -0.1) is 0 Å². The van der Waals surface area contributed by atoms with Crippen molar-refractivity contribution < 1.29 is 14.7 Å². The molecular weight excluding hydrogens is 258 g/mol. The summed E-state index contributed by atoms with van der Waals surface area (Å²) in [5, 5.41) is 14.3. The Hall–Kier alpha value is -2.08. The predicted octanol–water partition coefficient (Wildman–Crippen LogP) is 0.327. The number of hydrogen-bond donors (Lipinski definition) is 3. The average Bonchev–Trinajstić information content (AvgIpc) is 2.44. The van der Waals surface area contributed by atoms with Crippen molar-refractivity contribution in [2.75, 3.05) is 26.2 Å². The lowest BCUT2D eigenvalue weighted by Crippen LogP contribution is -2.43. The summed E-state index contributed by atoms with van der Waals surface area (Å²) in [7, 11) is 0. The summed E-state index contributed by atoms with van der Waals surface area (Å²) in [6.07, 6.45) is 0. The highest BCUT2D eigenvalue weighted by Crippen LogP contribution is 2.04. The predicted molar refractivity (Wildman–Crippen MR) is 76.0 cm³/mol. The van der Waals surface area contributed by atoms with Gasteiger partial charge < -0.3 is 20.6 Å². The first-order valence-corrected chi connectivity index (χ1v) is 6.55. The van der Waals surface area contributed by atoms with E-state index in [0.29, 0.717) is 19.6 Å². The highest BCUT2D eigenvalue weighted by atomic mass is 16.3. The van der Waals surface area contributed by atoms with Gasteiger partial charge in [0.2, 0.25) is 5.91 Å². The van der Waals surface area contributed by atoms with Crippen LogP contribution in [0.15, 0.2) is 30.3 Å². The second-order valence-electron chi connectivity index (χ2n) is 4.35. The van der Waals surface area contributed by atoms with Gasteiger partial charge in [-0.05, 0) is 5.56 Å². The van der Waals surface area contributed by atoms with Crippen LogP contribution in [0, 0.1) is 0 Å². The third kappa shape index (κ3) is 6.19. The van der Waals surface area contributed by atoms with Crippen LogP contribution in [0.25, 0.3) is 0 Å². The van der Waals surface area contributed by atoms with Crippen LogP contribution in [0.5, 0.6) is 0 Å². The van der Waals surface area contributed by atoms with Gasteiger partial charge in [0, 0.05) is 33.1 Å². The number of carbonyl (C=O) groups excluding carboxylic acids is 2. The van der Waals surface area contributed by atoms with Crippen LogP contribution < -0.4 is 10.6 Å². The minimum absolute atomic E-state index is 0.0913. The van der Waals surface area contributed by atoms with Crippen molar-refractivity contribution in [2.45, 2.75) is 13.5 Å². The van der Waals surface area contributed by atoms with Crippen molar-refractivity contribution in [3.05, 3.63) is 35.9 Å². The molecule has 0 aromatic heterocycles. The van der Waals surface area contributed by atoms with E-state index < -0.39 is 0 Å². The molecule has 0 spiro atoms. The molecular formula is C14H21N3O3. The van der Waals surface area contributed by atoms with E-state index in [1.54, 1.807) is 0 Å². The molecule has 6 nitrogen and oxygen atoms in total. The minimum Gasteiger partial charge on any atom is -0.395 e. The van der Waals surface area contributed by atoms with Gasteiger partial charge in [0.1, 0.15) is 0 Å². The van der Waals surface area contributed by atoms with Crippen LogP contribution >= 0.6 is 0 Å². The molecule has 0 heterocycles. The van der Waals surface area contributed by atoms with Gasteiger partial charge in [0.25, 0.3) is 0 Å². The number of aliphatic hydroxyl groups excluding tert-OH is 1. The molecule has 0 fully saturated rings. The van der Waals surface area contributed by atoms with Gasteiger partial charge in [-0.1, -0.05) is 30.3 Å². The number of carbonyl (C=O) groups is 2. The molecule has 1 rings (SSSR count). The van der Waals surface area contributed by atoms with Gasteiger partial charge >= 0.3 is 6.03 Å². The van der Waals surface area contributed by atoms with E-state index in [1.807, 2.05) is 30.3 Å². The number of benzene rings is 1. The average molecular weight is 279 g/mol. The van der Waals surface area contributed by atoms with Gasteiger partial charge in [-0.25, -0.2) is 4.79 Å². The normalized spacial score (nSPS) is 9.90. The molecule has 0 aliphatic rings. The summed E-state index contributed by atoms with van der Waals surface area (Å²) in [6.45, 7) is 2.78. The van der Waals surface area contributed by atoms with Crippen molar-refractivity contribution >= 4 is 11.9 Å². The Kier molecular flexibility index (Phi) is 7.13. The van der Waals surface area contributed by atoms with Crippen molar-refractivity contribution in [2.24, 2.45) is 0 Å². The maximum Gasteiger partial charge on any atom is 0.317 e. The number of urea groups is 1. The molecule has 20 heavy (non-hydrogen) atoms. The molecule has 0 saturated heterocycles. The van der Waals surface area contributed by atoms with E-state index in [-0.39, 0.29) is 25.1 Å². The summed E-state index contributed by atoms with van der Waals surface area (Å²) in [5.41, 5.74) is 0.998. The van der Waals surface area contributed by atoms with E-state index in [9.17, 15) is 9.59 Å².